The van der Waals surface area contributed by atoms with Gasteiger partial charge in [0, 0.05) is 22.8 Å². The van der Waals surface area contributed by atoms with Crippen molar-refractivity contribution in [2.24, 2.45) is 0 Å². The molecule has 0 atom stereocenters. The van der Waals surface area contributed by atoms with Gasteiger partial charge in [0.2, 0.25) is 0 Å². The van der Waals surface area contributed by atoms with E-state index in [0.29, 0.717) is 23.7 Å². The highest BCUT2D eigenvalue weighted by Gasteiger charge is 2.19. The number of phenolic OH excluding ortho intramolecular Hbond substituents is 1. The summed E-state index contributed by atoms with van der Waals surface area (Å²) in [6.45, 7) is 4.97. The third kappa shape index (κ3) is 5.45. The van der Waals surface area contributed by atoms with E-state index in [9.17, 15) is 5.11 Å². The molecule has 0 amide bonds. The van der Waals surface area contributed by atoms with Crippen molar-refractivity contribution in [3.8, 4) is 45.4 Å². The molecule has 0 bridgehead atoms. The number of ether oxygens (including phenoxy) is 1. The third-order valence-corrected chi connectivity index (χ3v) is 5.93. The fourth-order valence-electron chi connectivity index (χ4n) is 4.12. The normalized spacial score (nSPS) is 10.9. The van der Waals surface area contributed by atoms with E-state index in [0.717, 1.165) is 47.3 Å². The van der Waals surface area contributed by atoms with E-state index in [-0.39, 0.29) is 5.75 Å². The fourth-order valence-corrected chi connectivity index (χ4v) is 4.12. The zero-order chi connectivity index (χ0) is 23.8. The van der Waals surface area contributed by atoms with Crippen LogP contribution in [-0.4, -0.2) is 21.7 Å². The van der Waals surface area contributed by atoms with Crippen molar-refractivity contribution < 1.29 is 9.84 Å². The smallest absolute Gasteiger partial charge is 0.164 e. The van der Waals surface area contributed by atoms with Crippen LogP contribution in [0.1, 0.15) is 45.1 Å². The number of benzene rings is 3. The first-order valence-electron chi connectivity index (χ1n) is 12.2. The first-order valence-corrected chi connectivity index (χ1v) is 12.2. The van der Waals surface area contributed by atoms with Gasteiger partial charge in [-0.3, -0.25) is 0 Å². The van der Waals surface area contributed by atoms with Crippen LogP contribution in [0.2, 0.25) is 0 Å². The van der Waals surface area contributed by atoms with Crippen molar-refractivity contribution >= 4 is 0 Å². The second-order valence-electron chi connectivity index (χ2n) is 8.40. The summed E-state index contributed by atoms with van der Waals surface area (Å²) >= 11 is 0. The van der Waals surface area contributed by atoms with Gasteiger partial charge in [0.1, 0.15) is 11.5 Å². The minimum absolute atomic E-state index is 0.119. The zero-order valence-electron chi connectivity index (χ0n) is 20.0. The molecule has 0 aliphatic rings. The maximum absolute atomic E-state index is 10.9. The number of rotatable bonds is 10. The Morgan fingerprint density at radius 2 is 1.35 bits per heavy atom. The predicted octanol–water partition coefficient (Wildman–Crippen LogP) is 7.70. The molecule has 34 heavy (non-hydrogen) atoms. The SMILES string of the molecule is CCCCCCOc1ccc(-c2nc(-c3ccccc3)c(CC)c(-c3ccccc3)n2)c(O)c1. The average Bonchev–Trinajstić information content (AvgIpc) is 2.89. The van der Waals surface area contributed by atoms with E-state index >= 15 is 0 Å². The van der Waals surface area contributed by atoms with Crippen LogP contribution in [0.3, 0.4) is 0 Å². The number of hydrogen-bond donors (Lipinski definition) is 1. The maximum Gasteiger partial charge on any atom is 0.164 e. The van der Waals surface area contributed by atoms with Crippen LogP contribution >= 0.6 is 0 Å². The lowest BCUT2D eigenvalue weighted by molar-refractivity contribution is 0.303. The van der Waals surface area contributed by atoms with Crippen LogP contribution in [0.15, 0.2) is 78.9 Å². The molecule has 0 fully saturated rings. The largest absolute Gasteiger partial charge is 0.507 e. The van der Waals surface area contributed by atoms with Crippen LogP contribution < -0.4 is 4.74 Å². The van der Waals surface area contributed by atoms with E-state index in [2.05, 4.69) is 38.1 Å². The Morgan fingerprint density at radius 3 is 1.88 bits per heavy atom. The Labute approximate surface area is 202 Å². The van der Waals surface area contributed by atoms with Crippen LogP contribution in [0, 0.1) is 0 Å². The molecule has 4 rings (SSSR count). The molecule has 0 spiro atoms. The summed E-state index contributed by atoms with van der Waals surface area (Å²) in [5.41, 5.74) is 5.53. The highest BCUT2D eigenvalue weighted by atomic mass is 16.5. The Balaban J connectivity index is 1.75. The van der Waals surface area contributed by atoms with E-state index in [1.807, 2.05) is 48.5 Å². The van der Waals surface area contributed by atoms with Gasteiger partial charge in [-0.05, 0) is 25.0 Å². The van der Waals surface area contributed by atoms with Crippen molar-refractivity contribution in [1.82, 2.24) is 9.97 Å². The van der Waals surface area contributed by atoms with Crippen molar-refractivity contribution in [2.45, 2.75) is 46.0 Å². The van der Waals surface area contributed by atoms with E-state index in [1.54, 1.807) is 6.07 Å². The predicted molar refractivity (Wildman–Crippen MR) is 139 cm³/mol. The fraction of sp³-hybridized carbons (Fsp3) is 0.267. The van der Waals surface area contributed by atoms with Gasteiger partial charge in [0.25, 0.3) is 0 Å². The number of phenols is 1. The van der Waals surface area contributed by atoms with Gasteiger partial charge < -0.3 is 9.84 Å². The molecule has 0 radical (unpaired) electrons. The summed E-state index contributed by atoms with van der Waals surface area (Å²) in [5.74, 6) is 1.28. The second kappa shape index (κ2) is 11.5. The van der Waals surface area contributed by atoms with Crippen LogP contribution in [0.5, 0.6) is 11.5 Å². The zero-order valence-corrected chi connectivity index (χ0v) is 20.0. The van der Waals surface area contributed by atoms with Gasteiger partial charge in [-0.15, -0.1) is 0 Å². The van der Waals surface area contributed by atoms with Crippen molar-refractivity contribution in [1.29, 1.82) is 0 Å². The molecule has 4 nitrogen and oxygen atoms in total. The first kappa shape index (κ1) is 23.5. The minimum Gasteiger partial charge on any atom is -0.507 e. The van der Waals surface area contributed by atoms with E-state index < -0.39 is 0 Å². The van der Waals surface area contributed by atoms with Gasteiger partial charge in [0.05, 0.1) is 23.6 Å². The molecular formula is C30H32N2O2. The molecule has 4 heteroatoms. The Kier molecular flexibility index (Phi) is 7.92. The highest BCUT2D eigenvalue weighted by molar-refractivity contribution is 5.77. The summed E-state index contributed by atoms with van der Waals surface area (Å²) in [6, 6.07) is 25.7. The lowest BCUT2D eigenvalue weighted by Gasteiger charge is -2.16. The molecular weight excluding hydrogens is 420 g/mol. The quantitative estimate of drug-likeness (QED) is 0.250. The summed E-state index contributed by atoms with van der Waals surface area (Å²) in [6.07, 6.45) is 5.38. The molecule has 0 unspecified atom stereocenters. The molecule has 174 valence electrons. The standard InChI is InChI=1S/C30H32N2O2/c1-3-5-6-13-20-34-24-18-19-26(27(33)21-24)30-31-28(22-14-9-7-10-15-22)25(4-2)29(32-30)23-16-11-8-12-17-23/h7-12,14-19,21,33H,3-6,13,20H2,1-2H3. The van der Waals surface area contributed by atoms with E-state index in [4.69, 9.17) is 14.7 Å². The molecule has 0 aliphatic carbocycles. The Morgan fingerprint density at radius 1 is 0.735 bits per heavy atom. The van der Waals surface area contributed by atoms with Gasteiger partial charge >= 0.3 is 0 Å². The van der Waals surface area contributed by atoms with Gasteiger partial charge in [0.15, 0.2) is 5.82 Å². The number of nitrogens with zero attached hydrogens (tertiary/aromatic N) is 2. The van der Waals surface area contributed by atoms with Gasteiger partial charge in [-0.25, -0.2) is 9.97 Å². The van der Waals surface area contributed by atoms with Crippen molar-refractivity contribution in [2.75, 3.05) is 6.61 Å². The molecule has 4 aromatic rings. The number of aromatic nitrogens is 2. The summed E-state index contributed by atoms with van der Waals surface area (Å²) < 4.78 is 5.85. The van der Waals surface area contributed by atoms with Crippen LogP contribution in [-0.2, 0) is 6.42 Å². The molecule has 1 N–H and O–H groups in total. The lowest BCUT2D eigenvalue weighted by Crippen LogP contribution is -2.03. The second-order valence-corrected chi connectivity index (χ2v) is 8.40. The van der Waals surface area contributed by atoms with Gasteiger partial charge in [-0.2, -0.15) is 0 Å². The van der Waals surface area contributed by atoms with Crippen molar-refractivity contribution in [3.63, 3.8) is 0 Å². The molecule has 3 aromatic carbocycles. The molecule has 0 aliphatic heterocycles. The highest BCUT2D eigenvalue weighted by Crippen LogP contribution is 2.36. The summed E-state index contributed by atoms with van der Waals surface area (Å²) in [5, 5.41) is 10.9. The molecule has 0 saturated heterocycles. The maximum atomic E-state index is 10.9. The first-order chi connectivity index (χ1) is 16.7. The summed E-state index contributed by atoms with van der Waals surface area (Å²) in [4.78, 5) is 9.89. The van der Waals surface area contributed by atoms with Crippen LogP contribution in [0.25, 0.3) is 33.9 Å². The number of aromatic hydroxyl groups is 1. The Bertz CT molecular complexity index is 1150. The molecule has 1 heterocycles. The van der Waals surface area contributed by atoms with Crippen molar-refractivity contribution in [3.05, 3.63) is 84.4 Å². The Hall–Kier alpha value is -3.66. The molecule has 1 aromatic heterocycles. The number of unbranched alkanes of at least 4 members (excludes halogenated alkanes) is 3. The minimum atomic E-state index is 0.119. The molecule has 0 saturated carbocycles. The van der Waals surface area contributed by atoms with Gasteiger partial charge in [-0.1, -0.05) is 93.8 Å². The van der Waals surface area contributed by atoms with E-state index in [1.165, 1.54) is 12.8 Å². The monoisotopic (exact) mass is 452 g/mol. The van der Waals surface area contributed by atoms with Crippen LogP contribution in [0.4, 0.5) is 0 Å². The number of hydrogen-bond acceptors (Lipinski definition) is 4. The lowest BCUT2D eigenvalue weighted by atomic mass is 9.97. The third-order valence-electron chi connectivity index (χ3n) is 5.93. The topological polar surface area (TPSA) is 55.2 Å². The summed E-state index contributed by atoms with van der Waals surface area (Å²) in [7, 11) is 0. The average molecular weight is 453 g/mol.